The van der Waals surface area contributed by atoms with Crippen molar-refractivity contribution in [1.29, 1.82) is 0 Å². The van der Waals surface area contributed by atoms with E-state index < -0.39 is 11.5 Å². The first kappa shape index (κ1) is 16.2. The molecule has 0 aliphatic carbocycles. The lowest BCUT2D eigenvalue weighted by Crippen LogP contribution is -2.54. The van der Waals surface area contributed by atoms with Crippen LogP contribution in [-0.4, -0.2) is 39.3 Å². The monoisotopic (exact) mass is 325 g/mol. The number of rotatable bonds is 5. The minimum atomic E-state index is -1.12. The Hall–Kier alpha value is -1.14. The molecule has 1 aromatic rings. The summed E-state index contributed by atoms with van der Waals surface area (Å²) in [5.74, 6) is -0.0832. The summed E-state index contributed by atoms with van der Waals surface area (Å²) in [5, 5.41) is 12.6. The maximum Gasteiger partial charge on any atom is 0.330 e. The summed E-state index contributed by atoms with van der Waals surface area (Å²) in [6.45, 7) is 4.22. The number of hydrogen-bond acceptors (Lipinski definition) is 4. The Labute approximate surface area is 133 Å². The van der Waals surface area contributed by atoms with Crippen molar-refractivity contribution in [2.75, 3.05) is 11.5 Å². The van der Waals surface area contributed by atoms with Gasteiger partial charge in [-0.15, -0.1) is 11.8 Å². The van der Waals surface area contributed by atoms with Gasteiger partial charge in [-0.1, -0.05) is 13.8 Å². The van der Waals surface area contributed by atoms with Crippen molar-refractivity contribution in [3.63, 3.8) is 0 Å². The van der Waals surface area contributed by atoms with E-state index in [-0.39, 0.29) is 5.91 Å². The van der Waals surface area contributed by atoms with E-state index in [4.69, 9.17) is 0 Å². The lowest BCUT2D eigenvalue weighted by molar-refractivity contribution is -0.143. The minimum Gasteiger partial charge on any atom is -0.479 e. The van der Waals surface area contributed by atoms with Crippen LogP contribution in [-0.2, 0) is 4.79 Å². The second-order valence-corrected chi connectivity index (χ2v) is 8.09. The number of carbonyl (C=O) groups is 2. The predicted octanol–water partition coefficient (Wildman–Crippen LogP) is 2.88. The zero-order chi connectivity index (χ0) is 15.5. The average Bonchev–Trinajstić information content (AvgIpc) is 2.88. The van der Waals surface area contributed by atoms with Gasteiger partial charge >= 0.3 is 5.97 Å². The summed E-state index contributed by atoms with van der Waals surface area (Å²) in [4.78, 5) is 24.8. The molecule has 0 bridgehead atoms. The molecule has 1 aliphatic heterocycles. The molecule has 0 saturated carbocycles. The van der Waals surface area contributed by atoms with Crippen LogP contribution in [0.3, 0.4) is 0 Å². The number of amides is 1. The van der Waals surface area contributed by atoms with Gasteiger partial charge in [-0.05, 0) is 36.4 Å². The van der Waals surface area contributed by atoms with Gasteiger partial charge in [-0.3, -0.25) is 4.79 Å². The van der Waals surface area contributed by atoms with Gasteiger partial charge in [0, 0.05) is 21.5 Å². The van der Waals surface area contributed by atoms with Gasteiger partial charge in [-0.25, -0.2) is 4.79 Å². The third-order valence-corrected chi connectivity index (χ3v) is 5.48. The van der Waals surface area contributed by atoms with Gasteiger partial charge in [-0.2, -0.15) is 11.8 Å². The van der Waals surface area contributed by atoms with Crippen molar-refractivity contribution < 1.29 is 14.7 Å². The lowest BCUT2D eigenvalue weighted by Gasteiger charge is -2.24. The van der Waals surface area contributed by atoms with E-state index in [1.54, 1.807) is 35.7 Å². The number of aliphatic carboxylic acids is 1. The van der Waals surface area contributed by atoms with E-state index in [9.17, 15) is 14.7 Å². The highest BCUT2D eigenvalue weighted by atomic mass is 32.2. The Morgan fingerprint density at radius 3 is 2.48 bits per heavy atom. The predicted molar refractivity (Wildman–Crippen MR) is 87.2 cm³/mol. The SMILES string of the molecule is CC(C)Sc1ccc(C(=O)NC2(C(=O)O)CCSC2)cc1. The molecule has 0 spiro atoms. The smallest absolute Gasteiger partial charge is 0.330 e. The van der Waals surface area contributed by atoms with Gasteiger partial charge in [0.15, 0.2) is 0 Å². The van der Waals surface area contributed by atoms with Crippen molar-refractivity contribution in [3.8, 4) is 0 Å². The van der Waals surface area contributed by atoms with Crippen LogP contribution >= 0.6 is 23.5 Å². The van der Waals surface area contributed by atoms with Crippen LogP contribution in [0.4, 0.5) is 0 Å². The number of carboxylic acids is 1. The van der Waals surface area contributed by atoms with E-state index in [0.717, 1.165) is 10.6 Å². The Morgan fingerprint density at radius 2 is 2.00 bits per heavy atom. The molecule has 1 amide bonds. The molecule has 1 aliphatic rings. The Balaban J connectivity index is 2.07. The highest BCUT2D eigenvalue weighted by Crippen LogP contribution is 2.29. The van der Waals surface area contributed by atoms with Crippen molar-refractivity contribution in [1.82, 2.24) is 5.32 Å². The molecule has 4 nitrogen and oxygen atoms in total. The maximum absolute atomic E-state index is 12.3. The zero-order valence-electron chi connectivity index (χ0n) is 12.1. The number of benzene rings is 1. The summed E-state index contributed by atoms with van der Waals surface area (Å²) in [5.41, 5.74) is -0.617. The van der Waals surface area contributed by atoms with E-state index in [0.29, 0.717) is 23.0 Å². The molecule has 6 heteroatoms. The summed E-state index contributed by atoms with van der Waals surface area (Å²) in [7, 11) is 0. The summed E-state index contributed by atoms with van der Waals surface area (Å²) < 4.78 is 0. The van der Waals surface area contributed by atoms with E-state index >= 15 is 0 Å². The molecule has 1 fully saturated rings. The number of hydrogen-bond donors (Lipinski definition) is 2. The summed E-state index contributed by atoms with van der Waals surface area (Å²) >= 11 is 3.28. The summed E-state index contributed by atoms with van der Waals surface area (Å²) in [6.07, 6.45) is 0.472. The van der Waals surface area contributed by atoms with Crippen molar-refractivity contribution in [2.24, 2.45) is 0 Å². The van der Waals surface area contributed by atoms with Crippen LogP contribution in [0.15, 0.2) is 29.2 Å². The molecule has 2 rings (SSSR count). The van der Waals surface area contributed by atoms with Crippen LogP contribution < -0.4 is 5.32 Å². The highest BCUT2D eigenvalue weighted by molar-refractivity contribution is 8.00. The Morgan fingerprint density at radius 1 is 1.33 bits per heavy atom. The van der Waals surface area contributed by atoms with E-state index in [1.165, 1.54) is 0 Å². The maximum atomic E-state index is 12.3. The fraction of sp³-hybridized carbons (Fsp3) is 0.467. The third kappa shape index (κ3) is 3.95. The average molecular weight is 325 g/mol. The van der Waals surface area contributed by atoms with Gasteiger partial charge in [0.05, 0.1) is 0 Å². The first-order chi connectivity index (χ1) is 9.93. The first-order valence-corrected chi connectivity index (χ1v) is 8.87. The molecule has 114 valence electrons. The molecule has 1 aromatic carbocycles. The first-order valence-electron chi connectivity index (χ1n) is 6.83. The van der Waals surface area contributed by atoms with Crippen LogP contribution in [0.5, 0.6) is 0 Å². The van der Waals surface area contributed by atoms with Crippen LogP contribution in [0.25, 0.3) is 0 Å². The number of nitrogens with one attached hydrogen (secondary N) is 1. The molecule has 1 atom stereocenters. The third-order valence-electron chi connectivity index (χ3n) is 3.27. The fourth-order valence-corrected chi connectivity index (χ4v) is 4.30. The molecule has 0 aromatic heterocycles. The van der Waals surface area contributed by atoms with Crippen molar-refractivity contribution in [3.05, 3.63) is 29.8 Å². The van der Waals surface area contributed by atoms with Crippen LogP contribution in [0.1, 0.15) is 30.6 Å². The van der Waals surface area contributed by atoms with Gasteiger partial charge in [0.2, 0.25) is 0 Å². The van der Waals surface area contributed by atoms with Crippen molar-refractivity contribution in [2.45, 2.75) is 36.0 Å². The van der Waals surface area contributed by atoms with E-state index in [2.05, 4.69) is 19.2 Å². The molecule has 1 unspecified atom stereocenters. The van der Waals surface area contributed by atoms with Gasteiger partial charge < -0.3 is 10.4 Å². The molecular formula is C15H19NO3S2. The highest BCUT2D eigenvalue weighted by Gasteiger charge is 2.43. The quantitative estimate of drug-likeness (QED) is 0.815. The van der Waals surface area contributed by atoms with Crippen molar-refractivity contribution >= 4 is 35.4 Å². The largest absolute Gasteiger partial charge is 0.479 e. The Bertz CT molecular complexity index is 522. The molecular weight excluding hydrogens is 306 g/mol. The number of thioether (sulfide) groups is 2. The molecule has 21 heavy (non-hydrogen) atoms. The zero-order valence-corrected chi connectivity index (χ0v) is 13.7. The topological polar surface area (TPSA) is 66.4 Å². The van der Waals surface area contributed by atoms with E-state index in [1.807, 2.05) is 12.1 Å². The second kappa shape index (κ2) is 6.75. The van der Waals surface area contributed by atoms with Gasteiger partial charge in [0.25, 0.3) is 5.91 Å². The Kier molecular flexibility index (Phi) is 5.22. The molecule has 1 heterocycles. The normalized spacial score (nSPS) is 21.5. The lowest BCUT2D eigenvalue weighted by atomic mass is 9.98. The number of carbonyl (C=O) groups excluding carboxylic acids is 1. The second-order valence-electron chi connectivity index (χ2n) is 5.33. The van der Waals surface area contributed by atoms with Gasteiger partial charge in [0.1, 0.15) is 5.54 Å². The standard InChI is InChI=1S/C15H19NO3S2/c1-10(2)21-12-5-3-11(4-6-12)13(17)16-15(14(18)19)7-8-20-9-15/h3-6,10H,7-9H2,1-2H3,(H,16,17)(H,18,19). The van der Waals surface area contributed by atoms with Crippen LogP contribution in [0.2, 0.25) is 0 Å². The minimum absolute atomic E-state index is 0.319. The fourth-order valence-electron chi connectivity index (χ4n) is 2.13. The molecule has 1 saturated heterocycles. The van der Waals surface area contributed by atoms with Crippen LogP contribution in [0, 0.1) is 0 Å². The molecule has 2 N–H and O–H groups in total. The summed E-state index contributed by atoms with van der Waals surface area (Å²) in [6, 6.07) is 7.29. The number of carboxylic acid groups (broad SMARTS) is 1. The molecule has 0 radical (unpaired) electrons.